The third kappa shape index (κ3) is 2.73. The van der Waals surface area contributed by atoms with Gasteiger partial charge in [-0.15, -0.1) is 0 Å². The van der Waals surface area contributed by atoms with E-state index in [1.807, 2.05) is 6.07 Å². The molecule has 0 aromatic heterocycles. The molecule has 0 fully saturated rings. The molecule has 4 rings (SSSR count). The van der Waals surface area contributed by atoms with Gasteiger partial charge in [0.2, 0.25) is 5.88 Å². The molecule has 0 saturated heterocycles. The molecule has 30 heavy (non-hydrogen) atoms. The molecule has 2 aromatic rings. The molecule has 8 nitrogen and oxygen atoms in total. The van der Waals surface area contributed by atoms with E-state index in [1.165, 1.54) is 26.3 Å². The van der Waals surface area contributed by atoms with Crippen molar-refractivity contribution in [2.24, 2.45) is 5.73 Å². The van der Waals surface area contributed by atoms with E-state index in [0.717, 1.165) is 4.31 Å². The Balaban J connectivity index is 1.98. The highest BCUT2D eigenvalue weighted by Gasteiger charge is 2.46. The number of para-hydroxylation sites is 1. The van der Waals surface area contributed by atoms with Gasteiger partial charge in [-0.25, -0.2) is 13.2 Å². The molecule has 2 aliphatic heterocycles. The van der Waals surface area contributed by atoms with Crippen LogP contribution in [0.1, 0.15) is 27.4 Å². The van der Waals surface area contributed by atoms with Crippen molar-refractivity contribution < 1.29 is 22.7 Å². The summed E-state index contributed by atoms with van der Waals surface area (Å²) in [4.78, 5) is 11.7. The fourth-order valence-corrected chi connectivity index (χ4v) is 5.31. The van der Waals surface area contributed by atoms with E-state index < -0.39 is 21.9 Å². The van der Waals surface area contributed by atoms with Crippen LogP contribution in [0.3, 0.4) is 0 Å². The highest BCUT2D eigenvalue weighted by molar-refractivity contribution is 7.96. The summed E-state index contributed by atoms with van der Waals surface area (Å²) in [7, 11) is -1.30. The smallest absolute Gasteiger partial charge is 0.337 e. The van der Waals surface area contributed by atoms with Crippen LogP contribution < -0.4 is 10.0 Å². The predicted octanol–water partition coefficient (Wildman–Crippen LogP) is 2.43. The number of allylic oxidation sites excluding steroid dienone is 2. The average molecular weight is 423 g/mol. The Hall–Kier alpha value is -3.77. The van der Waals surface area contributed by atoms with Crippen molar-refractivity contribution in [3.8, 4) is 6.07 Å². The third-order valence-electron chi connectivity index (χ3n) is 5.16. The van der Waals surface area contributed by atoms with Gasteiger partial charge in [-0.1, -0.05) is 24.3 Å². The summed E-state index contributed by atoms with van der Waals surface area (Å²) in [5.74, 6) is -1.57. The maximum Gasteiger partial charge on any atom is 0.337 e. The first-order valence-electron chi connectivity index (χ1n) is 8.89. The summed E-state index contributed by atoms with van der Waals surface area (Å²) in [6.07, 6.45) is 0. The molecular formula is C21H17N3O5S. The Morgan fingerprint density at radius 1 is 1.20 bits per heavy atom. The number of benzene rings is 2. The van der Waals surface area contributed by atoms with Crippen LogP contribution in [0, 0.1) is 11.3 Å². The molecule has 2 aromatic carbocycles. The van der Waals surface area contributed by atoms with Crippen LogP contribution in [0.4, 0.5) is 5.69 Å². The first-order valence-corrected chi connectivity index (χ1v) is 10.3. The van der Waals surface area contributed by atoms with Gasteiger partial charge in [0.25, 0.3) is 10.0 Å². The SMILES string of the molecule is COC(=O)c1ccc([C@H]2C(C#N)=C(N)OC3=C2S(=O)(=O)N(C)c2ccccc23)cc1. The Kier molecular flexibility index (Phi) is 4.51. The second-order valence-electron chi connectivity index (χ2n) is 6.72. The lowest BCUT2D eigenvalue weighted by Gasteiger charge is -2.36. The van der Waals surface area contributed by atoms with Crippen LogP contribution in [-0.4, -0.2) is 28.5 Å². The minimum Gasteiger partial charge on any atom is -0.465 e. The highest BCUT2D eigenvalue weighted by Crippen LogP contribution is 2.50. The fraction of sp³-hybridized carbons (Fsp3) is 0.143. The van der Waals surface area contributed by atoms with Crippen molar-refractivity contribution >= 4 is 27.4 Å². The number of anilines is 1. The minimum absolute atomic E-state index is 0.0177. The van der Waals surface area contributed by atoms with E-state index in [2.05, 4.69) is 0 Å². The van der Waals surface area contributed by atoms with Crippen LogP contribution >= 0.6 is 0 Å². The molecule has 152 valence electrons. The number of fused-ring (bicyclic) bond motifs is 2. The maximum absolute atomic E-state index is 13.4. The number of esters is 1. The second kappa shape index (κ2) is 6.93. The monoisotopic (exact) mass is 423 g/mol. The van der Waals surface area contributed by atoms with Gasteiger partial charge in [-0.2, -0.15) is 5.26 Å². The van der Waals surface area contributed by atoms with Crippen molar-refractivity contribution in [1.82, 2.24) is 0 Å². The van der Waals surface area contributed by atoms with Crippen molar-refractivity contribution in [3.05, 3.63) is 81.6 Å². The summed E-state index contributed by atoms with van der Waals surface area (Å²) in [6, 6.07) is 15.0. The Morgan fingerprint density at radius 3 is 2.50 bits per heavy atom. The van der Waals surface area contributed by atoms with Gasteiger partial charge in [0, 0.05) is 12.6 Å². The molecule has 0 unspecified atom stereocenters. The number of carbonyl (C=O) groups is 1. The van der Waals surface area contributed by atoms with Crippen LogP contribution in [0.15, 0.2) is 64.9 Å². The van der Waals surface area contributed by atoms with E-state index in [-0.39, 0.29) is 22.1 Å². The number of nitrogens with two attached hydrogens (primary N) is 1. The van der Waals surface area contributed by atoms with Crippen molar-refractivity contribution in [1.29, 1.82) is 5.26 Å². The molecule has 2 heterocycles. The maximum atomic E-state index is 13.4. The Bertz CT molecular complexity index is 1270. The highest BCUT2D eigenvalue weighted by atomic mass is 32.2. The summed E-state index contributed by atoms with van der Waals surface area (Å²) in [5, 5.41) is 9.72. The van der Waals surface area contributed by atoms with Gasteiger partial charge in [-0.3, -0.25) is 4.31 Å². The number of rotatable bonds is 2. The summed E-state index contributed by atoms with van der Waals surface area (Å²) in [6.45, 7) is 0. The van der Waals surface area contributed by atoms with E-state index in [9.17, 15) is 18.5 Å². The summed E-state index contributed by atoms with van der Waals surface area (Å²) in [5.41, 5.74) is 7.79. The van der Waals surface area contributed by atoms with E-state index >= 15 is 0 Å². The van der Waals surface area contributed by atoms with Crippen LogP contribution in [0.2, 0.25) is 0 Å². The fourth-order valence-electron chi connectivity index (χ4n) is 3.66. The van der Waals surface area contributed by atoms with E-state index in [1.54, 1.807) is 36.4 Å². The zero-order valence-electron chi connectivity index (χ0n) is 16.1. The minimum atomic E-state index is -4.02. The van der Waals surface area contributed by atoms with Crippen LogP contribution in [0.5, 0.6) is 0 Å². The van der Waals surface area contributed by atoms with Gasteiger partial charge in [0.15, 0.2) is 5.76 Å². The topological polar surface area (TPSA) is 123 Å². The van der Waals surface area contributed by atoms with E-state index in [0.29, 0.717) is 22.4 Å². The van der Waals surface area contributed by atoms with Crippen molar-refractivity contribution in [2.45, 2.75) is 5.92 Å². The molecule has 0 aliphatic carbocycles. The first-order chi connectivity index (χ1) is 14.3. The number of nitrogens with zero attached hydrogens (tertiary/aromatic N) is 2. The normalized spacial score (nSPS) is 19.4. The largest absolute Gasteiger partial charge is 0.465 e. The zero-order chi connectivity index (χ0) is 21.6. The third-order valence-corrected chi connectivity index (χ3v) is 7.06. The summed E-state index contributed by atoms with van der Waals surface area (Å²) < 4.78 is 38.4. The molecule has 2 aliphatic rings. The lowest BCUT2D eigenvalue weighted by atomic mass is 9.88. The first kappa shape index (κ1) is 19.5. The molecular weight excluding hydrogens is 406 g/mol. The Labute approximate surface area is 173 Å². The second-order valence-corrected chi connectivity index (χ2v) is 8.66. The number of nitriles is 1. The van der Waals surface area contributed by atoms with E-state index in [4.69, 9.17) is 15.2 Å². The molecule has 0 amide bonds. The average Bonchev–Trinajstić information content (AvgIpc) is 2.76. The molecule has 2 N–H and O–H groups in total. The lowest BCUT2D eigenvalue weighted by Crippen LogP contribution is -2.37. The van der Waals surface area contributed by atoms with Gasteiger partial charge in [-0.05, 0) is 29.8 Å². The standard InChI is InChI=1S/C21H17N3O5S/c1-24-16-6-4-3-5-14(16)18-19(30(24,26)27)17(15(11-22)20(23)29-18)12-7-9-13(10-8-12)21(25)28-2/h3-10,17H,23H2,1-2H3/t17-/m0/s1. The molecule has 1 atom stereocenters. The van der Waals surface area contributed by atoms with Gasteiger partial charge >= 0.3 is 5.97 Å². The molecule has 9 heteroatoms. The molecule has 0 spiro atoms. The quantitative estimate of drug-likeness (QED) is 0.736. The number of carbonyl (C=O) groups excluding carboxylic acids is 1. The van der Waals surface area contributed by atoms with Gasteiger partial charge in [0.05, 0.1) is 24.3 Å². The van der Waals surface area contributed by atoms with Crippen LogP contribution in [0.25, 0.3) is 5.76 Å². The molecule has 0 radical (unpaired) electrons. The zero-order valence-corrected chi connectivity index (χ0v) is 16.9. The number of ether oxygens (including phenoxy) is 2. The number of hydrogen-bond donors (Lipinski definition) is 1. The molecule has 0 saturated carbocycles. The van der Waals surface area contributed by atoms with Gasteiger partial charge in [0.1, 0.15) is 16.5 Å². The lowest BCUT2D eigenvalue weighted by molar-refractivity contribution is 0.0600. The van der Waals surface area contributed by atoms with Crippen molar-refractivity contribution in [3.63, 3.8) is 0 Å². The number of sulfonamides is 1. The van der Waals surface area contributed by atoms with Crippen molar-refractivity contribution in [2.75, 3.05) is 18.5 Å². The molecule has 0 bridgehead atoms. The number of methoxy groups -OCH3 is 1. The number of hydrogen-bond acceptors (Lipinski definition) is 7. The van der Waals surface area contributed by atoms with Gasteiger partial charge < -0.3 is 15.2 Å². The Morgan fingerprint density at radius 2 is 1.87 bits per heavy atom. The summed E-state index contributed by atoms with van der Waals surface area (Å²) >= 11 is 0. The predicted molar refractivity (Wildman–Crippen MR) is 109 cm³/mol. The van der Waals surface area contributed by atoms with Crippen LogP contribution in [-0.2, 0) is 19.5 Å².